The van der Waals surface area contributed by atoms with Crippen LogP contribution in [0, 0.1) is 5.41 Å². The van der Waals surface area contributed by atoms with E-state index in [1.165, 1.54) is 0 Å². The number of hydrogen-bond donors (Lipinski definition) is 2. The number of hydrogen-bond acceptors (Lipinski definition) is 3. The van der Waals surface area contributed by atoms with Crippen LogP contribution in [0.3, 0.4) is 0 Å². The van der Waals surface area contributed by atoms with Gasteiger partial charge < -0.3 is 10.4 Å². The van der Waals surface area contributed by atoms with Crippen LogP contribution in [-0.2, 0) is 16.1 Å². The first-order valence-corrected chi connectivity index (χ1v) is 7.08. The Bertz CT molecular complexity index is 577. The molecule has 0 aliphatic carbocycles. The summed E-state index contributed by atoms with van der Waals surface area (Å²) >= 11 is 0. The summed E-state index contributed by atoms with van der Waals surface area (Å²) < 4.78 is 40.4. The van der Waals surface area contributed by atoms with E-state index in [1.807, 2.05) is 11.4 Å². The molecule has 1 aromatic rings. The third-order valence-corrected chi connectivity index (χ3v) is 3.97. The second kappa shape index (κ2) is 6.57. The lowest BCUT2D eigenvalue weighted by Gasteiger charge is -2.30. The maximum atomic E-state index is 13.5. The molecule has 1 saturated heterocycles. The zero-order chi connectivity index (χ0) is 17.1. The second-order valence-corrected chi connectivity index (χ2v) is 5.60. The third kappa shape index (κ3) is 3.82. The van der Waals surface area contributed by atoms with E-state index in [2.05, 4.69) is 0 Å². The molecular weight excluding hydrogens is 313 g/mol. The minimum absolute atomic E-state index is 0.120. The number of benzene rings is 1. The summed E-state index contributed by atoms with van der Waals surface area (Å²) in [6.07, 6.45) is -5.12. The van der Waals surface area contributed by atoms with Gasteiger partial charge in [0.25, 0.3) is 0 Å². The summed E-state index contributed by atoms with van der Waals surface area (Å²) in [5, 5.41) is 10.4. The number of carboxylic acid groups (broad SMARTS) is 1. The van der Waals surface area contributed by atoms with Crippen LogP contribution in [0.4, 0.5) is 13.2 Å². The van der Waals surface area contributed by atoms with Gasteiger partial charge in [-0.2, -0.15) is 13.2 Å². The van der Waals surface area contributed by atoms with Crippen LogP contribution in [0.2, 0.25) is 0 Å². The van der Waals surface area contributed by atoms with Crippen molar-refractivity contribution in [3.8, 4) is 0 Å². The molecule has 23 heavy (non-hydrogen) atoms. The minimum atomic E-state index is -4.74. The zero-order valence-corrected chi connectivity index (χ0v) is 12.3. The summed E-state index contributed by atoms with van der Waals surface area (Å²) in [5.41, 5.74) is -1.70. The molecular formula is C15H17F3N2O3. The number of nitrogens with zero attached hydrogens (tertiary/aromatic N) is 1. The summed E-state index contributed by atoms with van der Waals surface area (Å²) in [6, 6.07) is 9.01. The molecule has 1 unspecified atom stereocenters. The van der Waals surface area contributed by atoms with Gasteiger partial charge in [0.2, 0.25) is 5.91 Å². The van der Waals surface area contributed by atoms with Crippen molar-refractivity contribution in [2.45, 2.75) is 19.1 Å². The molecule has 0 spiro atoms. The molecule has 1 atom stereocenters. The molecule has 5 nitrogen and oxygen atoms in total. The highest BCUT2D eigenvalue weighted by Crippen LogP contribution is 2.46. The number of halogens is 3. The fraction of sp³-hybridized carbons (Fsp3) is 0.467. The van der Waals surface area contributed by atoms with E-state index in [-0.39, 0.29) is 13.0 Å². The molecule has 0 radical (unpaired) electrons. The van der Waals surface area contributed by atoms with Gasteiger partial charge in [0.15, 0.2) is 5.41 Å². The molecule has 0 saturated carbocycles. The number of alkyl halides is 3. The molecule has 1 aliphatic rings. The number of nitrogens with one attached hydrogen (secondary N) is 1. The molecule has 1 heterocycles. The Morgan fingerprint density at radius 3 is 2.48 bits per heavy atom. The Labute approximate surface area is 131 Å². The highest BCUT2D eigenvalue weighted by atomic mass is 19.4. The summed E-state index contributed by atoms with van der Waals surface area (Å²) in [5.74, 6) is -2.65. The van der Waals surface area contributed by atoms with Crippen molar-refractivity contribution in [2.75, 3.05) is 19.6 Å². The van der Waals surface area contributed by atoms with Crippen LogP contribution in [0.15, 0.2) is 30.3 Å². The fourth-order valence-electron chi connectivity index (χ4n) is 2.74. The van der Waals surface area contributed by atoms with Crippen molar-refractivity contribution in [3.63, 3.8) is 0 Å². The lowest BCUT2D eigenvalue weighted by molar-refractivity contribution is -0.218. The number of carbonyl (C=O) groups is 2. The van der Waals surface area contributed by atoms with Crippen LogP contribution < -0.4 is 5.32 Å². The maximum Gasteiger partial charge on any atom is 0.404 e. The fourth-order valence-corrected chi connectivity index (χ4v) is 2.74. The SMILES string of the molecule is O=C(O)CNC(=O)C1(C(F)(F)F)CCN(Cc2ccccc2)C1. The number of carbonyl (C=O) groups excluding carboxylic acids is 1. The summed E-state index contributed by atoms with van der Waals surface area (Å²) in [7, 11) is 0. The van der Waals surface area contributed by atoms with Crippen LogP contribution in [0.25, 0.3) is 0 Å². The normalized spacial score (nSPS) is 22.0. The van der Waals surface area contributed by atoms with Gasteiger partial charge >= 0.3 is 12.1 Å². The van der Waals surface area contributed by atoms with Crippen molar-refractivity contribution in [1.29, 1.82) is 0 Å². The predicted octanol–water partition coefficient (Wildman–Crippen LogP) is 1.64. The van der Waals surface area contributed by atoms with Gasteiger partial charge in [0, 0.05) is 13.1 Å². The van der Waals surface area contributed by atoms with Crippen LogP contribution >= 0.6 is 0 Å². The van der Waals surface area contributed by atoms with Crippen LogP contribution in [0.5, 0.6) is 0 Å². The second-order valence-electron chi connectivity index (χ2n) is 5.60. The van der Waals surface area contributed by atoms with Gasteiger partial charge in [-0.15, -0.1) is 0 Å². The van der Waals surface area contributed by atoms with Crippen LogP contribution in [-0.4, -0.2) is 47.7 Å². The van der Waals surface area contributed by atoms with Crippen molar-refractivity contribution in [3.05, 3.63) is 35.9 Å². The lowest BCUT2D eigenvalue weighted by atomic mass is 9.85. The highest BCUT2D eigenvalue weighted by molar-refractivity contribution is 5.87. The number of rotatable bonds is 5. The predicted molar refractivity (Wildman–Crippen MR) is 75.5 cm³/mol. The average molecular weight is 330 g/mol. The van der Waals surface area contributed by atoms with E-state index in [0.717, 1.165) is 5.56 Å². The zero-order valence-electron chi connectivity index (χ0n) is 12.3. The largest absolute Gasteiger partial charge is 0.480 e. The van der Waals surface area contributed by atoms with E-state index in [1.54, 1.807) is 29.2 Å². The van der Waals surface area contributed by atoms with Gasteiger partial charge in [0.1, 0.15) is 6.54 Å². The Kier molecular flexibility index (Phi) is 4.93. The smallest absolute Gasteiger partial charge is 0.404 e. The first-order chi connectivity index (χ1) is 10.7. The Morgan fingerprint density at radius 1 is 1.26 bits per heavy atom. The monoisotopic (exact) mass is 330 g/mol. The number of aliphatic carboxylic acids is 1. The Morgan fingerprint density at radius 2 is 1.91 bits per heavy atom. The third-order valence-electron chi connectivity index (χ3n) is 3.97. The van der Waals surface area contributed by atoms with Crippen LogP contribution in [0.1, 0.15) is 12.0 Å². The molecule has 1 fully saturated rings. The Hall–Kier alpha value is -2.09. The van der Waals surface area contributed by atoms with Crippen molar-refractivity contribution >= 4 is 11.9 Å². The lowest BCUT2D eigenvalue weighted by Crippen LogP contribution is -2.53. The van der Waals surface area contributed by atoms with Gasteiger partial charge in [0.05, 0.1) is 0 Å². The summed E-state index contributed by atoms with van der Waals surface area (Å²) in [4.78, 5) is 24.0. The van der Waals surface area contributed by atoms with Gasteiger partial charge in [-0.3, -0.25) is 14.5 Å². The summed E-state index contributed by atoms with van der Waals surface area (Å²) in [6.45, 7) is -0.869. The minimum Gasteiger partial charge on any atom is -0.480 e. The van der Waals surface area contributed by atoms with E-state index in [0.29, 0.717) is 6.54 Å². The standard InChI is InChI=1S/C15H17F3N2O3/c16-15(17,18)14(13(23)19-8-12(21)22)6-7-20(10-14)9-11-4-2-1-3-5-11/h1-5H,6-10H2,(H,19,23)(H,21,22). The molecule has 1 amide bonds. The molecule has 2 rings (SSSR count). The first-order valence-electron chi connectivity index (χ1n) is 7.08. The van der Waals surface area contributed by atoms with E-state index in [4.69, 9.17) is 5.11 Å². The molecule has 0 bridgehead atoms. The molecule has 126 valence electrons. The average Bonchev–Trinajstić information content (AvgIpc) is 2.91. The van der Waals surface area contributed by atoms with Crippen molar-refractivity contribution in [1.82, 2.24) is 10.2 Å². The van der Waals surface area contributed by atoms with Gasteiger partial charge in [-0.05, 0) is 18.5 Å². The topological polar surface area (TPSA) is 69.6 Å². The number of carboxylic acids is 1. The Balaban J connectivity index is 2.12. The van der Waals surface area contributed by atoms with Gasteiger partial charge in [-0.1, -0.05) is 30.3 Å². The van der Waals surface area contributed by atoms with Crippen molar-refractivity contribution in [2.24, 2.45) is 5.41 Å². The molecule has 1 aromatic carbocycles. The van der Waals surface area contributed by atoms with E-state index in [9.17, 15) is 22.8 Å². The first kappa shape index (κ1) is 17.3. The molecule has 0 aromatic heterocycles. The number of likely N-dealkylation sites (tertiary alicyclic amines) is 1. The quantitative estimate of drug-likeness (QED) is 0.861. The molecule has 2 N–H and O–H groups in total. The number of amides is 1. The highest BCUT2D eigenvalue weighted by Gasteiger charge is 2.62. The van der Waals surface area contributed by atoms with E-state index < -0.39 is 36.6 Å². The van der Waals surface area contributed by atoms with Gasteiger partial charge in [-0.25, -0.2) is 0 Å². The van der Waals surface area contributed by atoms with Crippen molar-refractivity contribution < 1.29 is 27.9 Å². The maximum absolute atomic E-state index is 13.5. The molecule has 8 heteroatoms. The van der Waals surface area contributed by atoms with E-state index >= 15 is 0 Å². The molecule has 1 aliphatic heterocycles.